The van der Waals surface area contributed by atoms with E-state index < -0.39 is 9.84 Å². The monoisotopic (exact) mass is 330 g/mol. The lowest BCUT2D eigenvalue weighted by Crippen LogP contribution is -2.58. The maximum absolute atomic E-state index is 11.5. The molecule has 1 saturated carbocycles. The Hall–Kier alpha value is -0.820. The van der Waals surface area contributed by atoms with Gasteiger partial charge in [-0.2, -0.15) is 0 Å². The van der Waals surface area contributed by atoms with E-state index in [1.165, 1.54) is 19.3 Å². The number of nitrogens with zero attached hydrogens (tertiary/aromatic N) is 3. The minimum atomic E-state index is -2.81. The Labute approximate surface area is 134 Å². The summed E-state index contributed by atoms with van der Waals surface area (Å²) in [5, 5.41) is 3.35. The summed E-state index contributed by atoms with van der Waals surface area (Å²) in [6, 6.07) is 0. The molecule has 1 atom stereocenters. The first-order chi connectivity index (χ1) is 10.3. The predicted octanol–water partition coefficient (Wildman–Crippen LogP) is 0.413. The van der Waals surface area contributed by atoms with Crippen LogP contribution >= 0.6 is 0 Å². The van der Waals surface area contributed by atoms with Crippen molar-refractivity contribution >= 4 is 15.8 Å². The Morgan fingerprint density at radius 2 is 2.00 bits per heavy atom. The van der Waals surface area contributed by atoms with Gasteiger partial charge in [0.25, 0.3) is 0 Å². The number of hydrogen-bond acceptors (Lipinski definition) is 4. The molecule has 2 fully saturated rings. The highest BCUT2D eigenvalue weighted by Crippen LogP contribution is 2.36. The molecule has 6 nitrogen and oxygen atoms in total. The smallest absolute Gasteiger partial charge is 0.193 e. The standard InChI is InChI=1S/C15H30N4O2S/c1-16-14(17-10-13-6-9-22(20,21)11-13)19(4)12-15(18(2)3)7-5-8-15/h13H,5-12H2,1-4H3,(H,16,17). The quantitative estimate of drug-likeness (QED) is 0.584. The van der Waals surface area contributed by atoms with Gasteiger partial charge in [0.2, 0.25) is 0 Å². The molecule has 0 radical (unpaired) electrons. The molecule has 1 N–H and O–H groups in total. The molecule has 2 aliphatic rings. The van der Waals surface area contributed by atoms with Crippen molar-refractivity contribution in [1.82, 2.24) is 15.1 Å². The summed E-state index contributed by atoms with van der Waals surface area (Å²) in [5.41, 5.74) is 0.253. The Bertz CT molecular complexity index is 512. The molecule has 0 bridgehead atoms. The minimum Gasteiger partial charge on any atom is -0.356 e. The van der Waals surface area contributed by atoms with E-state index in [0.29, 0.717) is 18.1 Å². The highest BCUT2D eigenvalue weighted by atomic mass is 32.2. The third-order valence-corrected chi connectivity index (χ3v) is 7.05. The summed E-state index contributed by atoms with van der Waals surface area (Å²) in [6.45, 7) is 1.63. The van der Waals surface area contributed by atoms with Gasteiger partial charge in [-0.15, -0.1) is 0 Å². The van der Waals surface area contributed by atoms with Crippen LogP contribution in [0.2, 0.25) is 0 Å². The van der Waals surface area contributed by atoms with Crippen molar-refractivity contribution in [3.8, 4) is 0 Å². The molecular weight excluding hydrogens is 300 g/mol. The fourth-order valence-corrected chi connectivity index (χ4v) is 5.36. The summed E-state index contributed by atoms with van der Waals surface area (Å²) in [7, 11) is 5.33. The van der Waals surface area contributed by atoms with Crippen molar-refractivity contribution < 1.29 is 8.42 Å². The lowest BCUT2D eigenvalue weighted by atomic mass is 9.75. The average molecular weight is 330 g/mol. The first-order valence-electron chi connectivity index (χ1n) is 8.08. The second-order valence-corrected chi connectivity index (χ2v) is 9.25. The van der Waals surface area contributed by atoms with Crippen LogP contribution in [0.15, 0.2) is 4.99 Å². The van der Waals surface area contributed by atoms with E-state index in [1.807, 2.05) is 0 Å². The van der Waals surface area contributed by atoms with Crippen LogP contribution < -0.4 is 5.32 Å². The molecule has 0 aromatic rings. The summed E-state index contributed by atoms with van der Waals surface area (Å²) < 4.78 is 23.0. The van der Waals surface area contributed by atoms with Gasteiger partial charge in [-0.1, -0.05) is 0 Å². The van der Waals surface area contributed by atoms with Crippen molar-refractivity contribution in [2.24, 2.45) is 10.9 Å². The van der Waals surface area contributed by atoms with Crippen LogP contribution in [0.5, 0.6) is 0 Å². The molecule has 1 aliphatic heterocycles. The van der Waals surface area contributed by atoms with Gasteiger partial charge < -0.3 is 15.1 Å². The number of aliphatic imine (C=N–C) groups is 1. The first-order valence-corrected chi connectivity index (χ1v) is 9.90. The maximum atomic E-state index is 11.5. The molecule has 2 rings (SSSR count). The average Bonchev–Trinajstić information content (AvgIpc) is 2.73. The number of nitrogens with one attached hydrogen (secondary N) is 1. The minimum absolute atomic E-state index is 0.210. The van der Waals surface area contributed by atoms with Gasteiger partial charge in [-0.05, 0) is 45.7 Å². The zero-order valence-electron chi connectivity index (χ0n) is 14.3. The maximum Gasteiger partial charge on any atom is 0.193 e. The largest absolute Gasteiger partial charge is 0.356 e. The van der Waals surface area contributed by atoms with Crippen LogP contribution in [0.1, 0.15) is 25.7 Å². The number of sulfone groups is 1. The second kappa shape index (κ2) is 6.74. The van der Waals surface area contributed by atoms with Gasteiger partial charge in [0.1, 0.15) is 0 Å². The molecule has 1 aliphatic carbocycles. The summed E-state index contributed by atoms with van der Waals surface area (Å²) >= 11 is 0. The van der Waals surface area contributed by atoms with Gasteiger partial charge in [0.05, 0.1) is 11.5 Å². The second-order valence-electron chi connectivity index (χ2n) is 7.03. The lowest BCUT2D eigenvalue weighted by Gasteiger charge is -2.49. The Morgan fingerprint density at radius 3 is 2.41 bits per heavy atom. The van der Waals surface area contributed by atoms with Gasteiger partial charge >= 0.3 is 0 Å². The van der Waals surface area contributed by atoms with Crippen molar-refractivity contribution in [1.29, 1.82) is 0 Å². The van der Waals surface area contributed by atoms with Crippen molar-refractivity contribution in [2.75, 3.05) is 52.8 Å². The summed E-state index contributed by atoms with van der Waals surface area (Å²) in [4.78, 5) is 8.84. The zero-order valence-corrected chi connectivity index (χ0v) is 15.1. The third kappa shape index (κ3) is 3.93. The van der Waals surface area contributed by atoms with Crippen LogP contribution in [-0.2, 0) is 9.84 Å². The molecule has 1 unspecified atom stereocenters. The summed E-state index contributed by atoms with van der Waals surface area (Å²) in [6.07, 6.45) is 4.50. The number of guanidine groups is 1. The Balaban J connectivity index is 1.86. The third-order valence-electron chi connectivity index (χ3n) is 5.21. The molecule has 128 valence electrons. The zero-order chi connectivity index (χ0) is 16.4. The van der Waals surface area contributed by atoms with Crippen LogP contribution in [0.25, 0.3) is 0 Å². The molecule has 1 heterocycles. The fraction of sp³-hybridized carbons (Fsp3) is 0.933. The fourth-order valence-electron chi connectivity index (χ4n) is 3.50. The molecule has 0 aromatic carbocycles. The van der Waals surface area contributed by atoms with Crippen LogP contribution in [-0.4, -0.2) is 82.5 Å². The topological polar surface area (TPSA) is 65.0 Å². The molecule has 0 aromatic heterocycles. The number of rotatable bonds is 5. The summed E-state index contributed by atoms with van der Waals surface area (Å²) in [5.74, 6) is 1.71. The number of hydrogen-bond donors (Lipinski definition) is 1. The van der Waals surface area contributed by atoms with E-state index in [1.54, 1.807) is 7.05 Å². The van der Waals surface area contributed by atoms with Gasteiger partial charge in [-0.3, -0.25) is 4.99 Å². The van der Waals surface area contributed by atoms with E-state index in [-0.39, 0.29) is 11.5 Å². The van der Waals surface area contributed by atoms with Crippen molar-refractivity contribution in [2.45, 2.75) is 31.2 Å². The van der Waals surface area contributed by atoms with E-state index in [2.05, 4.69) is 41.3 Å². The van der Waals surface area contributed by atoms with Gasteiger partial charge in [0.15, 0.2) is 15.8 Å². The first kappa shape index (κ1) is 17.5. The van der Waals surface area contributed by atoms with E-state index in [0.717, 1.165) is 18.9 Å². The highest BCUT2D eigenvalue weighted by Gasteiger charge is 2.40. The van der Waals surface area contributed by atoms with Gasteiger partial charge in [0, 0.05) is 32.7 Å². The van der Waals surface area contributed by atoms with Gasteiger partial charge in [-0.25, -0.2) is 8.42 Å². The Kier molecular flexibility index (Phi) is 5.37. The van der Waals surface area contributed by atoms with Crippen molar-refractivity contribution in [3.63, 3.8) is 0 Å². The van der Waals surface area contributed by atoms with Crippen LogP contribution in [0.3, 0.4) is 0 Å². The molecule has 0 spiro atoms. The lowest BCUT2D eigenvalue weighted by molar-refractivity contribution is 0.0423. The Morgan fingerprint density at radius 1 is 1.32 bits per heavy atom. The van der Waals surface area contributed by atoms with Crippen LogP contribution in [0.4, 0.5) is 0 Å². The van der Waals surface area contributed by atoms with Crippen LogP contribution in [0, 0.1) is 5.92 Å². The SMILES string of the molecule is CN=C(NCC1CCS(=O)(=O)C1)N(C)CC1(N(C)C)CCC1. The molecule has 22 heavy (non-hydrogen) atoms. The number of likely N-dealkylation sites (N-methyl/N-ethyl adjacent to an activating group) is 2. The molecule has 0 amide bonds. The van der Waals surface area contributed by atoms with E-state index in [4.69, 9.17) is 0 Å². The van der Waals surface area contributed by atoms with Crippen molar-refractivity contribution in [3.05, 3.63) is 0 Å². The molecule has 1 saturated heterocycles. The van der Waals surface area contributed by atoms with E-state index >= 15 is 0 Å². The normalized spacial score (nSPS) is 26.8. The molecular formula is C15H30N4O2S. The van der Waals surface area contributed by atoms with E-state index in [9.17, 15) is 8.42 Å². The predicted molar refractivity (Wildman–Crippen MR) is 91.0 cm³/mol. The highest BCUT2D eigenvalue weighted by molar-refractivity contribution is 7.91. The molecule has 7 heteroatoms.